The molecule has 0 aromatic heterocycles. The van der Waals surface area contributed by atoms with Crippen molar-refractivity contribution in [2.75, 3.05) is 26.2 Å². The van der Waals surface area contributed by atoms with E-state index in [-0.39, 0.29) is 5.41 Å². The van der Waals surface area contributed by atoms with Crippen LogP contribution in [-0.4, -0.2) is 47.9 Å². The maximum absolute atomic E-state index is 13.1. The van der Waals surface area contributed by atoms with Gasteiger partial charge in [0, 0.05) is 23.6 Å². The van der Waals surface area contributed by atoms with Crippen molar-refractivity contribution < 1.29 is 4.79 Å². The molecule has 3 nitrogen and oxygen atoms in total. The Balaban J connectivity index is 1.41. The van der Waals surface area contributed by atoms with Gasteiger partial charge in [-0.05, 0) is 69.3 Å². The predicted octanol–water partition coefficient (Wildman–Crippen LogP) is 3.57. The first-order valence-corrected chi connectivity index (χ1v) is 9.78. The fourth-order valence-electron chi connectivity index (χ4n) is 4.36. The van der Waals surface area contributed by atoms with Crippen molar-refractivity contribution >= 4 is 21.8 Å². The maximum atomic E-state index is 13.1. The standard InChI is InChI=1S/C19H25BrN2O/c20-16-5-3-15(4-6-16)19(9-10-19)18(23)22-13-7-17(8-14-22)21-11-1-2-12-21/h3-6,17H,1-2,7-14H2. The number of halogens is 1. The molecule has 0 atom stereocenters. The van der Waals surface area contributed by atoms with Gasteiger partial charge in [0.05, 0.1) is 5.41 Å². The van der Waals surface area contributed by atoms with E-state index in [9.17, 15) is 4.79 Å². The average Bonchev–Trinajstić information content (AvgIpc) is 3.21. The second-order valence-corrected chi connectivity index (χ2v) is 8.27. The highest BCUT2D eigenvalue weighted by atomic mass is 79.9. The van der Waals surface area contributed by atoms with Crippen LogP contribution in [0.3, 0.4) is 0 Å². The number of nitrogens with zero attached hydrogens (tertiary/aromatic N) is 2. The number of piperidine rings is 1. The fraction of sp³-hybridized carbons (Fsp3) is 0.632. The zero-order valence-electron chi connectivity index (χ0n) is 13.6. The van der Waals surface area contributed by atoms with Crippen molar-refractivity contribution in [3.8, 4) is 0 Å². The SMILES string of the molecule is O=C(N1CCC(N2CCCC2)CC1)C1(c2ccc(Br)cc2)CC1. The Morgan fingerprint density at radius 1 is 1.00 bits per heavy atom. The molecule has 1 aromatic carbocycles. The summed E-state index contributed by atoms with van der Waals surface area (Å²) < 4.78 is 1.08. The molecule has 23 heavy (non-hydrogen) atoms. The second-order valence-electron chi connectivity index (χ2n) is 7.36. The monoisotopic (exact) mass is 376 g/mol. The van der Waals surface area contributed by atoms with Crippen LogP contribution in [0.2, 0.25) is 0 Å². The molecule has 0 radical (unpaired) electrons. The molecular formula is C19H25BrN2O. The van der Waals surface area contributed by atoms with Crippen LogP contribution in [0.15, 0.2) is 28.7 Å². The molecule has 1 aromatic rings. The number of amides is 1. The van der Waals surface area contributed by atoms with Crippen molar-refractivity contribution in [2.45, 2.75) is 50.0 Å². The highest BCUT2D eigenvalue weighted by Crippen LogP contribution is 2.50. The smallest absolute Gasteiger partial charge is 0.233 e. The summed E-state index contributed by atoms with van der Waals surface area (Å²) in [5.74, 6) is 0.375. The van der Waals surface area contributed by atoms with Crippen LogP contribution < -0.4 is 0 Å². The van der Waals surface area contributed by atoms with Crippen LogP contribution in [0.4, 0.5) is 0 Å². The quantitative estimate of drug-likeness (QED) is 0.804. The number of carbonyl (C=O) groups is 1. The average molecular weight is 377 g/mol. The zero-order valence-corrected chi connectivity index (χ0v) is 15.2. The number of hydrogen-bond acceptors (Lipinski definition) is 2. The van der Waals surface area contributed by atoms with Gasteiger partial charge < -0.3 is 9.80 Å². The topological polar surface area (TPSA) is 23.6 Å². The van der Waals surface area contributed by atoms with E-state index in [4.69, 9.17) is 0 Å². The summed E-state index contributed by atoms with van der Waals surface area (Å²) in [6.45, 7) is 4.42. The van der Waals surface area contributed by atoms with E-state index >= 15 is 0 Å². The third-order valence-electron chi connectivity index (χ3n) is 5.96. The Labute approximate surface area is 147 Å². The molecule has 2 saturated heterocycles. The van der Waals surface area contributed by atoms with E-state index < -0.39 is 0 Å². The lowest BCUT2D eigenvalue weighted by Gasteiger charge is -2.38. The summed E-state index contributed by atoms with van der Waals surface area (Å²) in [7, 11) is 0. The minimum Gasteiger partial charge on any atom is -0.342 e. The van der Waals surface area contributed by atoms with Gasteiger partial charge in [0.1, 0.15) is 0 Å². The lowest BCUT2D eigenvalue weighted by Crippen LogP contribution is -2.48. The lowest BCUT2D eigenvalue weighted by atomic mass is 9.92. The first-order valence-electron chi connectivity index (χ1n) is 8.98. The van der Waals surface area contributed by atoms with E-state index in [1.54, 1.807) is 0 Å². The Morgan fingerprint density at radius 3 is 2.17 bits per heavy atom. The van der Waals surface area contributed by atoms with Gasteiger partial charge in [0.2, 0.25) is 5.91 Å². The third kappa shape index (κ3) is 2.96. The largest absolute Gasteiger partial charge is 0.342 e. The van der Waals surface area contributed by atoms with Crippen LogP contribution in [0.1, 0.15) is 44.1 Å². The van der Waals surface area contributed by atoms with Gasteiger partial charge in [-0.2, -0.15) is 0 Å². The number of likely N-dealkylation sites (tertiary alicyclic amines) is 2. The molecule has 0 N–H and O–H groups in total. The Morgan fingerprint density at radius 2 is 1.61 bits per heavy atom. The molecule has 0 spiro atoms. The summed E-state index contributed by atoms with van der Waals surface area (Å²) in [6.07, 6.45) is 7.04. The number of carbonyl (C=O) groups excluding carboxylic acids is 1. The van der Waals surface area contributed by atoms with Gasteiger partial charge in [-0.25, -0.2) is 0 Å². The zero-order chi connectivity index (χ0) is 15.9. The molecular weight excluding hydrogens is 352 g/mol. The number of hydrogen-bond donors (Lipinski definition) is 0. The van der Waals surface area contributed by atoms with E-state index in [1.807, 2.05) is 0 Å². The van der Waals surface area contributed by atoms with Gasteiger partial charge in [-0.15, -0.1) is 0 Å². The molecule has 4 rings (SSSR count). The van der Waals surface area contributed by atoms with Crippen LogP contribution >= 0.6 is 15.9 Å². The summed E-state index contributed by atoms with van der Waals surface area (Å²) in [5.41, 5.74) is 0.994. The fourth-order valence-corrected chi connectivity index (χ4v) is 4.63. The van der Waals surface area contributed by atoms with Crippen molar-refractivity contribution in [1.29, 1.82) is 0 Å². The second kappa shape index (κ2) is 6.21. The summed E-state index contributed by atoms with van der Waals surface area (Å²) in [5, 5.41) is 0. The highest BCUT2D eigenvalue weighted by molar-refractivity contribution is 9.10. The van der Waals surface area contributed by atoms with Crippen molar-refractivity contribution in [2.24, 2.45) is 0 Å². The van der Waals surface area contributed by atoms with Gasteiger partial charge >= 0.3 is 0 Å². The summed E-state index contributed by atoms with van der Waals surface area (Å²) in [4.78, 5) is 17.9. The van der Waals surface area contributed by atoms with Crippen molar-refractivity contribution in [3.05, 3.63) is 34.3 Å². The molecule has 4 heteroatoms. The van der Waals surface area contributed by atoms with E-state index in [2.05, 4.69) is 50.0 Å². The van der Waals surface area contributed by atoms with Crippen LogP contribution in [0.5, 0.6) is 0 Å². The molecule has 2 heterocycles. The summed E-state index contributed by atoms with van der Waals surface area (Å²) >= 11 is 3.49. The molecule has 2 aliphatic heterocycles. The van der Waals surface area contributed by atoms with E-state index in [1.165, 1.54) is 31.5 Å². The van der Waals surface area contributed by atoms with Crippen LogP contribution in [0, 0.1) is 0 Å². The van der Waals surface area contributed by atoms with Gasteiger partial charge in [-0.1, -0.05) is 28.1 Å². The first kappa shape index (κ1) is 15.6. The predicted molar refractivity (Wildman–Crippen MR) is 95.5 cm³/mol. The minimum atomic E-state index is -0.207. The third-order valence-corrected chi connectivity index (χ3v) is 6.49. The van der Waals surface area contributed by atoms with Crippen LogP contribution in [0.25, 0.3) is 0 Å². The van der Waals surface area contributed by atoms with Crippen molar-refractivity contribution in [1.82, 2.24) is 9.80 Å². The van der Waals surface area contributed by atoms with E-state index in [0.717, 1.165) is 43.2 Å². The molecule has 1 aliphatic carbocycles. The van der Waals surface area contributed by atoms with Crippen LogP contribution in [-0.2, 0) is 10.2 Å². The highest BCUT2D eigenvalue weighted by Gasteiger charge is 2.53. The van der Waals surface area contributed by atoms with E-state index in [0.29, 0.717) is 11.9 Å². The summed E-state index contributed by atoms with van der Waals surface area (Å²) in [6, 6.07) is 9.06. The van der Waals surface area contributed by atoms with Gasteiger partial charge in [0.15, 0.2) is 0 Å². The Bertz CT molecular complexity index is 568. The minimum absolute atomic E-state index is 0.207. The molecule has 3 fully saturated rings. The molecule has 3 aliphatic rings. The number of benzene rings is 1. The normalized spacial score (nSPS) is 24.8. The molecule has 1 amide bonds. The number of rotatable bonds is 3. The van der Waals surface area contributed by atoms with Crippen molar-refractivity contribution in [3.63, 3.8) is 0 Å². The van der Waals surface area contributed by atoms with Gasteiger partial charge in [0.25, 0.3) is 0 Å². The first-order chi connectivity index (χ1) is 11.2. The molecule has 124 valence electrons. The Hall–Kier alpha value is -0.870. The Kier molecular flexibility index (Phi) is 4.22. The molecule has 0 bridgehead atoms. The lowest BCUT2D eigenvalue weighted by molar-refractivity contribution is -0.135. The molecule has 0 unspecified atom stereocenters. The molecule has 1 saturated carbocycles. The van der Waals surface area contributed by atoms with Gasteiger partial charge in [-0.3, -0.25) is 4.79 Å². The maximum Gasteiger partial charge on any atom is 0.233 e.